The van der Waals surface area contributed by atoms with Gasteiger partial charge in [0.05, 0.1) is 36.2 Å². The summed E-state index contributed by atoms with van der Waals surface area (Å²) in [6.45, 7) is 5.73. The maximum absolute atomic E-state index is 13.0. The van der Waals surface area contributed by atoms with Crippen molar-refractivity contribution in [1.29, 1.82) is 0 Å². The largest absolute Gasteiger partial charge is 0.491 e. The molecular weight excluding hydrogens is 440 g/mol. The highest BCUT2D eigenvalue weighted by molar-refractivity contribution is 7.21. The molecule has 9 nitrogen and oxygen atoms in total. The van der Waals surface area contributed by atoms with Crippen molar-refractivity contribution in [2.45, 2.75) is 31.5 Å². The summed E-state index contributed by atoms with van der Waals surface area (Å²) in [5.74, 6) is 0.675. The lowest BCUT2D eigenvalue weighted by Gasteiger charge is -2.38. The van der Waals surface area contributed by atoms with Crippen molar-refractivity contribution in [3.8, 4) is 5.75 Å². The molecule has 0 spiro atoms. The first-order valence-electron chi connectivity index (χ1n) is 11.2. The zero-order valence-electron chi connectivity index (χ0n) is 18.3. The number of nitrogens with two attached hydrogens (primary N) is 1. The average molecular weight is 467 g/mol. The summed E-state index contributed by atoms with van der Waals surface area (Å²) in [6, 6.07) is 6.58. The molecule has 3 aromatic rings. The lowest BCUT2D eigenvalue weighted by molar-refractivity contribution is 0.0391. The number of carbonyl (C=O) groups excluding carboxylic acids is 1. The monoisotopic (exact) mass is 466 g/mol. The van der Waals surface area contributed by atoms with E-state index in [1.54, 1.807) is 6.20 Å². The van der Waals surface area contributed by atoms with E-state index in [-0.39, 0.29) is 18.1 Å². The maximum Gasteiger partial charge on any atom is 0.263 e. The van der Waals surface area contributed by atoms with Crippen LogP contribution in [0.25, 0.3) is 10.3 Å². The number of fused-ring (bicyclic) bond motifs is 6. The zero-order valence-corrected chi connectivity index (χ0v) is 19.2. The van der Waals surface area contributed by atoms with Crippen molar-refractivity contribution in [1.82, 2.24) is 20.6 Å². The summed E-state index contributed by atoms with van der Waals surface area (Å²) < 4.78 is 12.0. The fourth-order valence-corrected chi connectivity index (χ4v) is 5.80. The SMILES string of the molecule is Cc1cnc2c(N)c(C(=O)N[C@H]3COc4cc(N5CC6CNCC5CO6)ccc4C3)sc2n1. The molecule has 4 aliphatic heterocycles. The standard InChI is InChI=1S/C23H26N6O3S/c1-12-6-26-20-19(24)21(33-23(20)27-12)22(30)28-14-4-13-2-3-15(5-18(13)32-10-14)29-9-17-8-25-7-16(29)11-31-17/h2-3,5-6,14,16-17,25H,4,7-11,24H2,1H3,(H,28,30)/t14-,16?,17?/m1/s1. The van der Waals surface area contributed by atoms with Crippen LogP contribution in [-0.4, -0.2) is 66.9 Å². The number of rotatable bonds is 3. The number of thiophene rings is 1. The van der Waals surface area contributed by atoms with Crippen LogP contribution in [0.5, 0.6) is 5.75 Å². The second-order valence-electron chi connectivity index (χ2n) is 8.91. The second-order valence-corrected chi connectivity index (χ2v) is 9.91. The summed E-state index contributed by atoms with van der Waals surface area (Å²) in [5, 5.41) is 6.55. The van der Waals surface area contributed by atoms with Crippen LogP contribution in [0.3, 0.4) is 0 Å². The summed E-state index contributed by atoms with van der Waals surface area (Å²) >= 11 is 1.27. The number of hydrogen-bond acceptors (Lipinski definition) is 9. The van der Waals surface area contributed by atoms with Gasteiger partial charge < -0.3 is 30.7 Å². The normalized spacial score (nSPS) is 24.3. The van der Waals surface area contributed by atoms with Crippen LogP contribution in [0.4, 0.5) is 11.4 Å². The zero-order chi connectivity index (χ0) is 22.5. The summed E-state index contributed by atoms with van der Waals surface area (Å²) in [4.78, 5) is 25.3. The van der Waals surface area contributed by atoms with Crippen molar-refractivity contribution in [2.24, 2.45) is 0 Å². The van der Waals surface area contributed by atoms with Crippen LogP contribution in [0.15, 0.2) is 24.4 Å². The minimum Gasteiger partial charge on any atom is -0.491 e. The molecule has 6 heterocycles. The van der Waals surface area contributed by atoms with Gasteiger partial charge in [0.15, 0.2) is 0 Å². The highest BCUT2D eigenvalue weighted by Gasteiger charge is 2.33. The van der Waals surface area contributed by atoms with Gasteiger partial charge in [-0.1, -0.05) is 6.07 Å². The first kappa shape index (κ1) is 20.6. The summed E-state index contributed by atoms with van der Waals surface area (Å²) in [5.41, 5.74) is 10.2. The van der Waals surface area contributed by atoms with E-state index < -0.39 is 0 Å². The van der Waals surface area contributed by atoms with Gasteiger partial charge >= 0.3 is 0 Å². The number of benzene rings is 1. The molecule has 2 aromatic heterocycles. The van der Waals surface area contributed by atoms with E-state index in [1.165, 1.54) is 11.3 Å². The van der Waals surface area contributed by atoms with Gasteiger partial charge in [-0.25, -0.2) is 9.97 Å². The Labute approximate surface area is 195 Å². The number of nitrogens with zero attached hydrogens (tertiary/aromatic N) is 3. The van der Waals surface area contributed by atoms with Gasteiger partial charge in [0.1, 0.15) is 27.6 Å². The molecule has 1 aromatic carbocycles. The molecule has 3 atom stereocenters. The molecule has 33 heavy (non-hydrogen) atoms. The fourth-order valence-electron chi connectivity index (χ4n) is 4.80. The number of morpholine rings is 1. The Hall–Kier alpha value is -2.95. The number of nitrogen functional groups attached to an aromatic ring is 1. The number of carbonyl (C=O) groups is 1. The first-order valence-corrected chi connectivity index (χ1v) is 12.0. The van der Waals surface area contributed by atoms with Crippen molar-refractivity contribution in [2.75, 3.05) is 43.5 Å². The molecular formula is C23H26N6O3S. The van der Waals surface area contributed by atoms with Gasteiger partial charge in [0.25, 0.3) is 5.91 Å². The van der Waals surface area contributed by atoms with E-state index >= 15 is 0 Å². The Morgan fingerprint density at radius 2 is 2.24 bits per heavy atom. The molecule has 3 fully saturated rings. The van der Waals surface area contributed by atoms with Crippen LogP contribution < -0.4 is 26.0 Å². The molecule has 4 aliphatic rings. The smallest absolute Gasteiger partial charge is 0.263 e. The van der Waals surface area contributed by atoms with E-state index in [0.29, 0.717) is 40.0 Å². The van der Waals surface area contributed by atoms with Gasteiger partial charge in [-0.15, -0.1) is 11.3 Å². The molecule has 172 valence electrons. The van der Waals surface area contributed by atoms with Gasteiger partial charge in [0, 0.05) is 37.6 Å². The number of hydrogen-bond donors (Lipinski definition) is 3. The molecule has 3 saturated heterocycles. The first-order chi connectivity index (χ1) is 16.0. The topological polar surface area (TPSA) is 115 Å². The van der Waals surface area contributed by atoms with Crippen LogP contribution >= 0.6 is 11.3 Å². The fraction of sp³-hybridized carbons (Fsp3) is 0.435. The minimum atomic E-state index is -0.211. The molecule has 0 saturated carbocycles. The Bertz CT molecular complexity index is 1230. The quantitative estimate of drug-likeness (QED) is 0.532. The van der Waals surface area contributed by atoms with Crippen molar-refractivity contribution < 1.29 is 14.3 Å². The average Bonchev–Trinajstić information content (AvgIpc) is 2.98. The number of aromatic nitrogens is 2. The molecule has 4 N–H and O–H groups in total. The van der Waals surface area contributed by atoms with Crippen LogP contribution in [0, 0.1) is 6.92 Å². The van der Waals surface area contributed by atoms with Gasteiger partial charge in [-0.3, -0.25) is 4.79 Å². The molecule has 0 aliphatic carbocycles. The number of amides is 1. The van der Waals surface area contributed by atoms with E-state index in [9.17, 15) is 4.79 Å². The third-order valence-electron chi connectivity index (χ3n) is 6.51. The maximum atomic E-state index is 13.0. The predicted molar refractivity (Wildman–Crippen MR) is 127 cm³/mol. The van der Waals surface area contributed by atoms with Crippen LogP contribution in [0.1, 0.15) is 20.9 Å². The third kappa shape index (κ3) is 3.77. The van der Waals surface area contributed by atoms with Crippen LogP contribution in [0.2, 0.25) is 0 Å². The minimum absolute atomic E-state index is 0.130. The number of anilines is 2. The molecule has 0 radical (unpaired) electrons. The van der Waals surface area contributed by atoms with Gasteiger partial charge in [0.2, 0.25) is 0 Å². The Morgan fingerprint density at radius 3 is 3.15 bits per heavy atom. The van der Waals surface area contributed by atoms with E-state index in [2.05, 4.69) is 43.7 Å². The molecule has 2 unspecified atom stereocenters. The Kier molecular flexibility index (Phi) is 5.08. The second kappa shape index (κ2) is 8.12. The number of nitrogens with one attached hydrogen (secondary N) is 2. The number of ether oxygens (including phenoxy) is 2. The van der Waals surface area contributed by atoms with Gasteiger partial charge in [-0.2, -0.15) is 0 Å². The van der Waals surface area contributed by atoms with Crippen molar-refractivity contribution >= 4 is 39.0 Å². The molecule has 10 heteroatoms. The predicted octanol–water partition coefficient (Wildman–Crippen LogP) is 1.49. The Balaban J connectivity index is 1.17. The van der Waals surface area contributed by atoms with Crippen molar-refractivity contribution in [3.05, 3.63) is 40.5 Å². The van der Waals surface area contributed by atoms with E-state index in [0.717, 1.165) is 48.9 Å². The number of aryl methyl sites for hydroxylation is 1. The third-order valence-corrected chi connectivity index (χ3v) is 7.59. The van der Waals surface area contributed by atoms with Crippen molar-refractivity contribution in [3.63, 3.8) is 0 Å². The summed E-state index contributed by atoms with van der Waals surface area (Å²) in [7, 11) is 0. The van der Waals surface area contributed by atoms with Crippen LogP contribution in [-0.2, 0) is 11.2 Å². The lowest BCUT2D eigenvalue weighted by atomic mass is 10.0. The van der Waals surface area contributed by atoms with E-state index in [1.807, 2.05) is 6.92 Å². The molecule has 1 amide bonds. The summed E-state index contributed by atoms with van der Waals surface area (Å²) in [6.07, 6.45) is 2.59. The van der Waals surface area contributed by atoms with Gasteiger partial charge in [-0.05, 0) is 25.0 Å². The van der Waals surface area contributed by atoms with E-state index in [4.69, 9.17) is 15.2 Å². The molecule has 2 bridgehead atoms. The lowest BCUT2D eigenvalue weighted by Crippen LogP contribution is -2.49. The molecule has 7 rings (SSSR count). The highest BCUT2D eigenvalue weighted by Crippen LogP contribution is 2.34. The Morgan fingerprint density at radius 1 is 1.33 bits per heavy atom. The highest BCUT2D eigenvalue weighted by atomic mass is 32.1.